The molecule has 7 N–H and O–H groups in total. The molecule has 110 valence electrons. The van der Waals surface area contributed by atoms with Gasteiger partial charge in [-0.05, 0) is 12.1 Å². The van der Waals surface area contributed by atoms with E-state index < -0.39 is 0 Å². The van der Waals surface area contributed by atoms with Crippen molar-refractivity contribution in [3.63, 3.8) is 0 Å². The van der Waals surface area contributed by atoms with E-state index in [-0.39, 0.29) is 6.61 Å². The third-order valence-corrected chi connectivity index (χ3v) is 2.45. The summed E-state index contributed by atoms with van der Waals surface area (Å²) < 4.78 is 1.45. The summed E-state index contributed by atoms with van der Waals surface area (Å²) in [5.74, 6) is 1.34. The molecule has 0 aliphatic heterocycles. The lowest BCUT2D eigenvalue weighted by Crippen LogP contribution is -2.10. The first-order chi connectivity index (χ1) is 9.45. The van der Waals surface area contributed by atoms with Gasteiger partial charge in [0.05, 0.1) is 36.9 Å². The third kappa shape index (κ3) is 4.32. The molecule has 0 saturated heterocycles. The highest BCUT2D eigenvalue weighted by molar-refractivity contribution is 5.56. The fourth-order valence-electron chi connectivity index (χ4n) is 1.34. The van der Waals surface area contributed by atoms with Crippen LogP contribution in [0.4, 0.5) is 23.0 Å². The maximum absolute atomic E-state index is 8.50. The lowest BCUT2D eigenvalue weighted by Gasteiger charge is -2.09. The molecule has 0 saturated carbocycles. The van der Waals surface area contributed by atoms with Gasteiger partial charge in [0.2, 0.25) is 0 Å². The molecular formula is C12H21N7O. The monoisotopic (exact) mass is 279 g/mol. The van der Waals surface area contributed by atoms with Gasteiger partial charge in [0.15, 0.2) is 0 Å². The predicted octanol–water partition coefficient (Wildman–Crippen LogP) is -0.230. The summed E-state index contributed by atoms with van der Waals surface area (Å²) in [4.78, 5) is 6.01. The van der Waals surface area contributed by atoms with E-state index >= 15 is 0 Å². The van der Waals surface area contributed by atoms with Gasteiger partial charge in [0.25, 0.3) is 0 Å². The molecule has 0 aliphatic rings. The molecule has 0 atom stereocenters. The Labute approximate surface area is 117 Å². The Hall–Kier alpha value is -2.48. The lowest BCUT2D eigenvalue weighted by molar-refractivity contribution is 0.270. The van der Waals surface area contributed by atoms with Crippen LogP contribution in [0.5, 0.6) is 0 Å². The molecule has 20 heavy (non-hydrogen) atoms. The highest BCUT2D eigenvalue weighted by Crippen LogP contribution is 2.11. The Morgan fingerprint density at radius 2 is 1.90 bits per heavy atom. The molecule has 0 bridgehead atoms. The fraction of sp³-hybridized carbons (Fsp3) is 0.333. The number of pyridine rings is 1. The first-order valence-corrected chi connectivity index (χ1v) is 6.02. The van der Waals surface area contributed by atoms with E-state index in [9.17, 15) is 0 Å². The van der Waals surface area contributed by atoms with Crippen LogP contribution < -0.4 is 22.1 Å². The van der Waals surface area contributed by atoms with E-state index in [1.807, 2.05) is 31.1 Å². The van der Waals surface area contributed by atoms with E-state index in [0.29, 0.717) is 23.7 Å². The number of nitrogens with zero attached hydrogens (tertiary/aromatic N) is 4. The number of aliphatic hydroxyl groups excluding tert-OH is 1. The molecule has 2 aromatic rings. The summed E-state index contributed by atoms with van der Waals surface area (Å²) in [6.07, 6.45) is 3.11. The smallest absolute Gasteiger partial charge is 0.145 e. The molecule has 2 heterocycles. The van der Waals surface area contributed by atoms with Crippen LogP contribution in [0.1, 0.15) is 0 Å². The molecule has 2 rings (SSSR count). The Balaban J connectivity index is 0.000000200. The number of nitrogens with two attached hydrogens (primary N) is 3. The van der Waals surface area contributed by atoms with Crippen molar-refractivity contribution < 1.29 is 5.11 Å². The van der Waals surface area contributed by atoms with Crippen molar-refractivity contribution in [2.45, 2.75) is 6.54 Å². The van der Waals surface area contributed by atoms with Gasteiger partial charge in [-0.3, -0.25) is 0 Å². The van der Waals surface area contributed by atoms with Crippen molar-refractivity contribution in [1.29, 1.82) is 0 Å². The zero-order valence-electron chi connectivity index (χ0n) is 11.7. The van der Waals surface area contributed by atoms with E-state index in [1.54, 1.807) is 6.20 Å². The van der Waals surface area contributed by atoms with Crippen molar-refractivity contribution in [2.75, 3.05) is 42.8 Å². The second kappa shape index (κ2) is 7.19. The summed E-state index contributed by atoms with van der Waals surface area (Å²) in [7, 11) is 3.89. The van der Waals surface area contributed by atoms with Crippen LogP contribution in [0.25, 0.3) is 0 Å². The van der Waals surface area contributed by atoms with Crippen LogP contribution in [0.3, 0.4) is 0 Å². The van der Waals surface area contributed by atoms with Crippen LogP contribution in [-0.4, -0.2) is 40.6 Å². The average Bonchev–Trinajstić information content (AvgIpc) is 2.72. The number of nitrogen functional groups attached to an aromatic ring is 3. The molecule has 0 aromatic carbocycles. The minimum atomic E-state index is 0.0192. The zero-order chi connectivity index (χ0) is 15.1. The molecule has 0 fully saturated rings. The highest BCUT2D eigenvalue weighted by atomic mass is 16.3. The molecule has 0 spiro atoms. The van der Waals surface area contributed by atoms with Crippen LogP contribution in [-0.2, 0) is 6.54 Å². The molecule has 8 nitrogen and oxygen atoms in total. The summed E-state index contributed by atoms with van der Waals surface area (Å²) in [6, 6.07) is 3.72. The Kier molecular flexibility index (Phi) is 5.60. The quantitative estimate of drug-likeness (QED) is 0.610. The Bertz CT molecular complexity index is 521. The topological polar surface area (TPSA) is 132 Å². The predicted molar refractivity (Wildman–Crippen MR) is 81.1 cm³/mol. The van der Waals surface area contributed by atoms with E-state index in [4.69, 9.17) is 22.3 Å². The molecule has 2 aromatic heterocycles. The van der Waals surface area contributed by atoms with Gasteiger partial charge >= 0.3 is 0 Å². The molecule has 0 radical (unpaired) electrons. The van der Waals surface area contributed by atoms with Gasteiger partial charge in [-0.1, -0.05) is 0 Å². The third-order valence-electron chi connectivity index (χ3n) is 2.45. The van der Waals surface area contributed by atoms with Crippen molar-refractivity contribution in [3.05, 3.63) is 24.5 Å². The SMILES string of the molecule is CN(C)c1ccc(N)cn1.Nc1cnn(CCO)c1N. The second-order valence-corrected chi connectivity index (χ2v) is 4.28. The summed E-state index contributed by atoms with van der Waals surface area (Å²) in [5.41, 5.74) is 17.4. The number of aromatic nitrogens is 3. The van der Waals surface area contributed by atoms with Crippen molar-refractivity contribution >= 4 is 23.0 Å². The number of hydrogen-bond donors (Lipinski definition) is 4. The van der Waals surface area contributed by atoms with Gasteiger partial charge in [-0.25, -0.2) is 9.67 Å². The Morgan fingerprint density at radius 3 is 2.30 bits per heavy atom. The van der Waals surface area contributed by atoms with E-state index in [2.05, 4.69) is 10.1 Å². The minimum Gasteiger partial charge on any atom is -0.397 e. The number of rotatable bonds is 3. The Morgan fingerprint density at radius 1 is 1.20 bits per heavy atom. The maximum atomic E-state index is 8.50. The van der Waals surface area contributed by atoms with Gasteiger partial charge in [0, 0.05) is 14.1 Å². The largest absolute Gasteiger partial charge is 0.397 e. The molecule has 8 heteroatoms. The summed E-state index contributed by atoms with van der Waals surface area (Å²) in [5, 5.41) is 12.3. The number of anilines is 4. The van der Waals surface area contributed by atoms with Crippen LogP contribution >= 0.6 is 0 Å². The maximum Gasteiger partial charge on any atom is 0.145 e. The second-order valence-electron chi connectivity index (χ2n) is 4.28. The first kappa shape index (κ1) is 15.6. The molecular weight excluding hydrogens is 258 g/mol. The normalized spacial score (nSPS) is 9.75. The minimum absolute atomic E-state index is 0.0192. The first-order valence-electron chi connectivity index (χ1n) is 6.02. The standard InChI is InChI=1S/C7H11N3.C5H10N4O/c1-10(2)7-4-3-6(8)5-9-7;6-4-3-8-9(1-2-10)5(4)7/h3-5H,8H2,1-2H3;3,10H,1-2,6-7H2. The van der Waals surface area contributed by atoms with Crippen molar-refractivity contribution in [2.24, 2.45) is 0 Å². The summed E-state index contributed by atoms with van der Waals surface area (Å²) >= 11 is 0. The van der Waals surface area contributed by atoms with E-state index in [0.717, 1.165) is 5.82 Å². The zero-order valence-corrected chi connectivity index (χ0v) is 11.7. The van der Waals surface area contributed by atoms with Gasteiger partial charge in [0.1, 0.15) is 11.6 Å². The molecule has 0 amide bonds. The van der Waals surface area contributed by atoms with Crippen molar-refractivity contribution in [1.82, 2.24) is 14.8 Å². The van der Waals surface area contributed by atoms with Gasteiger partial charge < -0.3 is 27.2 Å². The number of aliphatic hydroxyl groups is 1. The fourth-order valence-corrected chi connectivity index (χ4v) is 1.34. The molecule has 0 unspecified atom stereocenters. The lowest BCUT2D eigenvalue weighted by atomic mass is 10.4. The highest BCUT2D eigenvalue weighted by Gasteiger charge is 2.00. The van der Waals surface area contributed by atoms with E-state index in [1.165, 1.54) is 10.9 Å². The van der Waals surface area contributed by atoms with Crippen LogP contribution in [0, 0.1) is 0 Å². The van der Waals surface area contributed by atoms with Crippen molar-refractivity contribution in [3.8, 4) is 0 Å². The summed E-state index contributed by atoms with van der Waals surface area (Å²) in [6.45, 7) is 0.411. The van der Waals surface area contributed by atoms with Gasteiger partial charge in [-0.15, -0.1) is 0 Å². The average molecular weight is 279 g/mol. The van der Waals surface area contributed by atoms with Crippen LogP contribution in [0.2, 0.25) is 0 Å². The molecule has 0 aliphatic carbocycles. The van der Waals surface area contributed by atoms with Crippen LogP contribution in [0.15, 0.2) is 24.5 Å². The van der Waals surface area contributed by atoms with Gasteiger partial charge in [-0.2, -0.15) is 5.10 Å². The number of hydrogen-bond acceptors (Lipinski definition) is 7.